The molecule has 1 heteroatoms. The van der Waals surface area contributed by atoms with Crippen molar-refractivity contribution in [2.75, 3.05) is 6.54 Å². The van der Waals surface area contributed by atoms with E-state index in [2.05, 4.69) is 57.3 Å². The maximum Gasteiger partial charge on any atom is 0.0291 e. The summed E-state index contributed by atoms with van der Waals surface area (Å²) in [6, 6.07) is 9.60. The summed E-state index contributed by atoms with van der Waals surface area (Å²) in [7, 11) is 0. The molecule has 0 heterocycles. The molecule has 1 fully saturated rings. The Morgan fingerprint density at radius 1 is 1.05 bits per heavy atom. The van der Waals surface area contributed by atoms with Crippen molar-refractivity contribution in [2.45, 2.75) is 71.8 Å². The molecule has 2 rings (SSSR count). The summed E-state index contributed by atoms with van der Waals surface area (Å²) in [6.07, 6.45) is 7.13. The van der Waals surface area contributed by atoms with Crippen LogP contribution in [0.15, 0.2) is 24.3 Å². The van der Waals surface area contributed by atoms with Crippen LogP contribution in [0.4, 0.5) is 0 Å². The highest BCUT2D eigenvalue weighted by Crippen LogP contribution is 2.30. The van der Waals surface area contributed by atoms with Crippen LogP contribution in [0.3, 0.4) is 0 Å². The zero-order valence-corrected chi connectivity index (χ0v) is 14.4. The van der Waals surface area contributed by atoms with E-state index in [1.807, 2.05) is 0 Å². The van der Waals surface area contributed by atoms with Gasteiger partial charge in [0.25, 0.3) is 0 Å². The van der Waals surface area contributed by atoms with Crippen molar-refractivity contribution in [3.05, 3.63) is 35.4 Å². The lowest BCUT2D eigenvalue weighted by Gasteiger charge is -2.27. The first-order valence-corrected chi connectivity index (χ1v) is 8.89. The normalized spacial score (nSPS) is 24.2. The first-order chi connectivity index (χ1) is 10.1. The third kappa shape index (κ3) is 5.14. The molecule has 1 saturated carbocycles. The highest BCUT2D eigenvalue weighted by atomic mass is 14.9. The molecule has 3 unspecified atom stereocenters. The largest absolute Gasteiger partial charge is 0.310 e. The Morgan fingerprint density at radius 3 is 2.33 bits per heavy atom. The third-order valence-electron chi connectivity index (χ3n) is 5.15. The number of hydrogen-bond donors (Lipinski definition) is 1. The fourth-order valence-corrected chi connectivity index (χ4v) is 3.61. The van der Waals surface area contributed by atoms with E-state index in [0.29, 0.717) is 12.0 Å². The average molecular weight is 287 g/mol. The van der Waals surface area contributed by atoms with E-state index in [-0.39, 0.29) is 0 Å². The zero-order valence-electron chi connectivity index (χ0n) is 14.4. The minimum Gasteiger partial charge on any atom is -0.310 e. The molecule has 3 atom stereocenters. The van der Waals surface area contributed by atoms with Crippen LogP contribution in [-0.2, 0) is 0 Å². The van der Waals surface area contributed by atoms with Crippen molar-refractivity contribution >= 4 is 0 Å². The van der Waals surface area contributed by atoms with Gasteiger partial charge < -0.3 is 5.32 Å². The molecule has 1 aliphatic rings. The maximum atomic E-state index is 3.71. The van der Waals surface area contributed by atoms with Gasteiger partial charge in [0.2, 0.25) is 0 Å². The van der Waals surface area contributed by atoms with Crippen LogP contribution in [0, 0.1) is 11.8 Å². The fourth-order valence-electron chi connectivity index (χ4n) is 3.61. The topological polar surface area (TPSA) is 12.0 Å². The van der Waals surface area contributed by atoms with Gasteiger partial charge in [-0.1, -0.05) is 64.3 Å². The molecule has 0 bridgehead atoms. The molecule has 1 aromatic carbocycles. The highest BCUT2D eigenvalue weighted by molar-refractivity contribution is 5.26. The zero-order chi connectivity index (χ0) is 15.2. The molecule has 1 aromatic rings. The maximum absolute atomic E-state index is 3.71. The summed E-state index contributed by atoms with van der Waals surface area (Å²) < 4.78 is 0. The lowest BCUT2D eigenvalue weighted by atomic mass is 9.81. The van der Waals surface area contributed by atoms with Crippen LogP contribution in [0.5, 0.6) is 0 Å². The van der Waals surface area contributed by atoms with Gasteiger partial charge in [-0.3, -0.25) is 0 Å². The molecular weight excluding hydrogens is 254 g/mol. The van der Waals surface area contributed by atoms with Crippen LogP contribution < -0.4 is 5.32 Å². The Balaban J connectivity index is 1.75. The fraction of sp³-hybridized carbons (Fsp3) is 0.700. The van der Waals surface area contributed by atoms with E-state index in [1.54, 1.807) is 0 Å². The molecule has 0 saturated heterocycles. The van der Waals surface area contributed by atoms with Gasteiger partial charge in [-0.05, 0) is 55.2 Å². The number of nitrogens with one attached hydrogen (secondary N) is 1. The number of hydrogen-bond acceptors (Lipinski definition) is 1. The summed E-state index contributed by atoms with van der Waals surface area (Å²) >= 11 is 0. The van der Waals surface area contributed by atoms with Crippen LogP contribution in [-0.4, -0.2) is 6.54 Å². The van der Waals surface area contributed by atoms with Crippen LogP contribution in [0.25, 0.3) is 0 Å². The smallest absolute Gasteiger partial charge is 0.0291 e. The SMILES string of the molecule is CC1CCCC(CCNC(C)c2ccc(C(C)C)cc2)C1. The standard InChI is InChI=1S/C20H33N/c1-15(2)19-8-10-20(11-9-19)17(4)21-13-12-18-7-5-6-16(3)14-18/h8-11,15-18,21H,5-7,12-14H2,1-4H3. The summed E-state index contributed by atoms with van der Waals surface area (Å²) in [5, 5.41) is 3.71. The quantitative estimate of drug-likeness (QED) is 0.710. The Bertz CT molecular complexity index is 406. The predicted molar refractivity (Wildman–Crippen MR) is 92.7 cm³/mol. The van der Waals surface area contributed by atoms with E-state index >= 15 is 0 Å². The average Bonchev–Trinajstić information content (AvgIpc) is 2.47. The van der Waals surface area contributed by atoms with Crippen LogP contribution >= 0.6 is 0 Å². The number of benzene rings is 1. The van der Waals surface area contributed by atoms with Crippen molar-refractivity contribution in [3.8, 4) is 0 Å². The third-order valence-corrected chi connectivity index (χ3v) is 5.15. The highest BCUT2D eigenvalue weighted by Gasteiger charge is 2.18. The molecule has 118 valence electrons. The van der Waals surface area contributed by atoms with Gasteiger partial charge in [-0.25, -0.2) is 0 Å². The summed E-state index contributed by atoms with van der Waals surface area (Å²) in [4.78, 5) is 0. The van der Waals surface area contributed by atoms with Crippen molar-refractivity contribution in [1.82, 2.24) is 5.32 Å². The van der Waals surface area contributed by atoms with Gasteiger partial charge >= 0.3 is 0 Å². The van der Waals surface area contributed by atoms with Crippen molar-refractivity contribution in [3.63, 3.8) is 0 Å². The molecular formula is C20H33N. The van der Waals surface area contributed by atoms with Gasteiger partial charge in [0.1, 0.15) is 0 Å². The molecule has 0 spiro atoms. The Kier molecular flexibility index (Phi) is 6.29. The van der Waals surface area contributed by atoms with Gasteiger partial charge in [0.05, 0.1) is 0 Å². The lowest BCUT2D eigenvalue weighted by molar-refractivity contribution is 0.265. The Labute approximate surface area is 131 Å². The molecule has 1 nitrogen and oxygen atoms in total. The monoisotopic (exact) mass is 287 g/mol. The molecule has 0 radical (unpaired) electrons. The van der Waals surface area contributed by atoms with Gasteiger partial charge in [0.15, 0.2) is 0 Å². The first kappa shape index (κ1) is 16.5. The Hall–Kier alpha value is -0.820. The Morgan fingerprint density at radius 2 is 1.71 bits per heavy atom. The predicted octanol–water partition coefficient (Wildman–Crippen LogP) is 5.68. The van der Waals surface area contributed by atoms with E-state index in [9.17, 15) is 0 Å². The van der Waals surface area contributed by atoms with Crippen molar-refractivity contribution < 1.29 is 0 Å². The van der Waals surface area contributed by atoms with Gasteiger partial charge in [-0.15, -0.1) is 0 Å². The van der Waals surface area contributed by atoms with E-state index < -0.39 is 0 Å². The second-order valence-electron chi connectivity index (χ2n) is 7.42. The summed E-state index contributed by atoms with van der Waals surface area (Å²) in [5.74, 6) is 2.53. The van der Waals surface area contributed by atoms with Crippen molar-refractivity contribution in [2.24, 2.45) is 11.8 Å². The second kappa shape index (κ2) is 7.98. The molecule has 0 aromatic heterocycles. The van der Waals surface area contributed by atoms with Gasteiger partial charge in [0, 0.05) is 6.04 Å². The summed E-state index contributed by atoms with van der Waals surface area (Å²) in [6.45, 7) is 10.4. The van der Waals surface area contributed by atoms with Crippen LogP contribution in [0.2, 0.25) is 0 Å². The molecule has 21 heavy (non-hydrogen) atoms. The molecule has 0 amide bonds. The molecule has 1 N–H and O–H groups in total. The van der Waals surface area contributed by atoms with Gasteiger partial charge in [-0.2, -0.15) is 0 Å². The molecule has 1 aliphatic carbocycles. The number of rotatable bonds is 6. The lowest BCUT2D eigenvalue weighted by Crippen LogP contribution is -2.23. The van der Waals surface area contributed by atoms with Crippen molar-refractivity contribution in [1.29, 1.82) is 0 Å². The first-order valence-electron chi connectivity index (χ1n) is 8.89. The molecule has 0 aliphatic heterocycles. The minimum absolute atomic E-state index is 0.465. The minimum atomic E-state index is 0.465. The van der Waals surface area contributed by atoms with E-state index in [4.69, 9.17) is 0 Å². The van der Waals surface area contributed by atoms with Crippen LogP contribution in [0.1, 0.15) is 82.9 Å². The second-order valence-corrected chi connectivity index (χ2v) is 7.42. The van der Waals surface area contributed by atoms with E-state index in [1.165, 1.54) is 43.2 Å². The van der Waals surface area contributed by atoms with E-state index in [0.717, 1.165) is 18.4 Å². The summed E-state index contributed by atoms with van der Waals surface area (Å²) in [5.41, 5.74) is 2.85.